The summed E-state index contributed by atoms with van der Waals surface area (Å²) in [6.07, 6.45) is 4.22. The van der Waals surface area contributed by atoms with Crippen LogP contribution in [0, 0.1) is 11.7 Å². The fourth-order valence-electron chi connectivity index (χ4n) is 2.98. The molecule has 0 bridgehead atoms. The third-order valence-corrected chi connectivity index (χ3v) is 4.60. The molecule has 0 radical (unpaired) electrons. The lowest BCUT2D eigenvalue weighted by molar-refractivity contribution is 0.191. The fourth-order valence-corrected chi connectivity index (χ4v) is 2.98. The van der Waals surface area contributed by atoms with E-state index < -0.39 is 0 Å². The van der Waals surface area contributed by atoms with Gasteiger partial charge in [-0.15, -0.1) is 0 Å². The average molecular weight is 289 g/mol. The maximum Gasteiger partial charge on any atom is 0.234 e. The van der Waals surface area contributed by atoms with E-state index in [0.29, 0.717) is 18.3 Å². The molecule has 0 saturated heterocycles. The Hall–Kier alpha value is -1.75. The second kappa shape index (κ2) is 5.56. The van der Waals surface area contributed by atoms with Crippen molar-refractivity contribution in [3.63, 3.8) is 0 Å². The molecule has 0 atom stereocenters. The van der Waals surface area contributed by atoms with Gasteiger partial charge in [-0.05, 0) is 55.9 Å². The van der Waals surface area contributed by atoms with E-state index in [1.165, 1.54) is 12.1 Å². The van der Waals surface area contributed by atoms with Gasteiger partial charge in [0.05, 0.1) is 5.41 Å². The van der Waals surface area contributed by atoms with E-state index in [2.05, 4.69) is 17.1 Å². The van der Waals surface area contributed by atoms with Crippen molar-refractivity contribution in [2.75, 3.05) is 6.54 Å². The van der Waals surface area contributed by atoms with E-state index >= 15 is 0 Å². The summed E-state index contributed by atoms with van der Waals surface area (Å²) in [5.74, 6) is 1.57. The number of nitrogens with two attached hydrogens (primary N) is 1. The lowest BCUT2D eigenvalue weighted by atomic mass is 9.71. The molecule has 4 nitrogen and oxygen atoms in total. The minimum absolute atomic E-state index is 0.197. The molecule has 1 saturated carbocycles. The maximum absolute atomic E-state index is 13.0. The van der Waals surface area contributed by atoms with E-state index in [4.69, 9.17) is 10.3 Å². The summed E-state index contributed by atoms with van der Waals surface area (Å²) in [4.78, 5) is 4.52. The number of rotatable bonds is 3. The number of hydrogen-bond donors (Lipinski definition) is 1. The third kappa shape index (κ3) is 2.70. The number of aromatic nitrogens is 2. The summed E-state index contributed by atoms with van der Waals surface area (Å²) in [5.41, 5.74) is 6.56. The molecule has 5 heteroatoms. The summed E-state index contributed by atoms with van der Waals surface area (Å²) >= 11 is 0. The quantitative estimate of drug-likeness (QED) is 0.941. The van der Waals surface area contributed by atoms with Gasteiger partial charge in [-0.3, -0.25) is 0 Å². The topological polar surface area (TPSA) is 64.9 Å². The van der Waals surface area contributed by atoms with Gasteiger partial charge in [-0.25, -0.2) is 4.39 Å². The second-order valence-corrected chi connectivity index (χ2v) is 6.10. The van der Waals surface area contributed by atoms with Crippen molar-refractivity contribution in [3.05, 3.63) is 36.0 Å². The van der Waals surface area contributed by atoms with Gasteiger partial charge in [0.15, 0.2) is 0 Å². The summed E-state index contributed by atoms with van der Waals surface area (Å²) in [6.45, 7) is 2.78. The number of hydrogen-bond acceptors (Lipinski definition) is 4. The standard InChI is InChI=1S/C16H20FN3O/c1-11-6-8-16(10-18,9-7-11)15-19-14(20-21-15)12-2-4-13(17)5-3-12/h2-5,11H,6-10,18H2,1H3. The Morgan fingerprint density at radius 3 is 2.57 bits per heavy atom. The monoisotopic (exact) mass is 289 g/mol. The minimum atomic E-state index is -0.276. The molecule has 0 spiro atoms. The van der Waals surface area contributed by atoms with Crippen LogP contribution in [0.1, 0.15) is 38.5 Å². The summed E-state index contributed by atoms with van der Waals surface area (Å²) in [5, 5.41) is 4.04. The Morgan fingerprint density at radius 2 is 1.95 bits per heavy atom. The highest BCUT2D eigenvalue weighted by Gasteiger charge is 2.39. The van der Waals surface area contributed by atoms with Crippen LogP contribution in [0.5, 0.6) is 0 Å². The smallest absolute Gasteiger partial charge is 0.234 e. The van der Waals surface area contributed by atoms with Crippen LogP contribution in [0.15, 0.2) is 28.8 Å². The summed E-state index contributed by atoms with van der Waals surface area (Å²) < 4.78 is 18.5. The van der Waals surface area contributed by atoms with Crippen LogP contribution >= 0.6 is 0 Å². The minimum Gasteiger partial charge on any atom is -0.338 e. The van der Waals surface area contributed by atoms with Crippen molar-refractivity contribution >= 4 is 0 Å². The molecule has 0 amide bonds. The molecule has 3 rings (SSSR count). The first kappa shape index (κ1) is 14.2. The average Bonchev–Trinajstić information content (AvgIpc) is 3.00. The lowest BCUT2D eigenvalue weighted by Gasteiger charge is -2.35. The van der Waals surface area contributed by atoms with Crippen LogP contribution in [0.4, 0.5) is 4.39 Å². The van der Waals surface area contributed by atoms with Gasteiger partial charge in [-0.1, -0.05) is 12.1 Å². The van der Waals surface area contributed by atoms with Crippen molar-refractivity contribution in [1.29, 1.82) is 0 Å². The molecular weight excluding hydrogens is 269 g/mol. The first-order valence-electron chi connectivity index (χ1n) is 7.43. The van der Waals surface area contributed by atoms with Crippen molar-refractivity contribution < 1.29 is 8.91 Å². The first-order chi connectivity index (χ1) is 10.1. The number of nitrogens with zero attached hydrogens (tertiary/aromatic N) is 2. The Balaban J connectivity index is 1.88. The van der Waals surface area contributed by atoms with Crippen LogP contribution in [0.3, 0.4) is 0 Å². The van der Waals surface area contributed by atoms with Crippen molar-refractivity contribution in [1.82, 2.24) is 10.1 Å². The lowest BCUT2D eigenvalue weighted by Crippen LogP contribution is -2.39. The third-order valence-electron chi connectivity index (χ3n) is 4.60. The van der Waals surface area contributed by atoms with Gasteiger partial charge in [0.1, 0.15) is 5.82 Å². The Morgan fingerprint density at radius 1 is 1.29 bits per heavy atom. The van der Waals surface area contributed by atoms with Crippen LogP contribution in [-0.4, -0.2) is 16.7 Å². The first-order valence-corrected chi connectivity index (χ1v) is 7.43. The predicted octanol–water partition coefficient (Wildman–Crippen LogP) is 3.28. The van der Waals surface area contributed by atoms with Crippen LogP contribution in [0.2, 0.25) is 0 Å². The summed E-state index contributed by atoms with van der Waals surface area (Å²) in [6, 6.07) is 6.10. The van der Waals surface area contributed by atoms with Gasteiger partial charge in [-0.2, -0.15) is 4.98 Å². The molecule has 1 fully saturated rings. The molecule has 1 aliphatic carbocycles. The highest BCUT2D eigenvalue weighted by Crippen LogP contribution is 2.40. The van der Waals surface area contributed by atoms with E-state index in [1.807, 2.05) is 0 Å². The Labute approximate surface area is 123 Å². The van der Waals surface area contributed by atoms with Crippen molar-refractivity contribution in [2.24, 2.45) is 11.7 Å². The number of halogens is 1. The van der Waals surface area contributed by atoms with Crippen LogP contribution in [0.25, 0.3) is 11.4 Å². The van der Waals surface area contributed by atoms with Gasteiger partial charge in [0.25, 0.3) is 0 Å². The molecule has 0 aliphatic heterocycles. The molecule has 2 aromatic rings. The maximum atomic E-state index is 13.0. The van der Waals surface area contributed by atoms with Crippen molar-refractivity contribution in [2.45, 2.75) is 38.0 Å². The van der Waals surface area contributed by atoms with Gasteiger partial charge in [0, 0.05) is 12.1 Å². The van der Waals surface area contributed by atoms with E-state index in [-0.39, 0.29) is 11.2 Å². The zero-order chi connectivity index (χ0) is 14.9. The molecule has 21 heavy (non-hydrogen) atoms. The SMILES string of the molecule is CC1CCC(CN)(c2nc(-c3ccc(F)cc3)no2)CC1. The number of benzene rings is 1. The second-order valence-electron chi connectivity index (χ2n) is 6.10. The van der Waals surface area contributed by atoms with Crippen LogP contribution < -0.4 is 5.73 Å². The molecule has 112 valence electrons. The van der Waals surface area contributed by atoms with E-state index in [1.54, 1.807) is 12.1 Å². The Bertz CT molecular complexity index is 600. The zero-order valence-corrected chi connectivity index (χ0v) is 12.2. The largest absolute Gasteiger partial charge is 0.338 e. The highest BCUT2D eigenvalue weighted by molar-refractivity contribution is 5.53. The Kier molecular flexibility index (Phi) is 3.76. The van der Waals surface area contributed by atoms with Crippen LogP contribution in [-0.2, 0) is 5.41 Å². The highest BCUT2D eigenvalue weighted by atomic mass is 19.1. The predicted molar refractivity (Wildman–Crippen MR) is 78.1 cm³/mol. The van der Waals surface area contributed by atoms with Gasteiger partial charge < -0.3 is 10.3 Å². The molecule has 2 N–H and O–H groups in total. The summed E-state index contributed by atoms with van der Waals surface area (Å²) in [7, 11) is 0. The zero-order valence-electron chi connectivity index (χ0n) is 12.2. The normalized spacial score (nSPS) is 26.0. The van der Waals surface area contributed by atoms with E-state index in [9.17, 15) is 4.39 Å². The fraction of sp³-hybridized carbons (Fsp3) is 0.500. The molecule has 0 unspecified atom stereocenters. The molecular formula is C16H20FN3O. The van der Waals surface area contributed by atoms with Crippen molar-refractivity contribution in [3.8, 4) is 11.4 Å². The molecule has 1 aromatic carbocycles. The van der Waals surface area contributed by atoms with Gasteiger partial charge >= 0.3 is 0 Å². The molecule has 1 aliphatic rings. The molecule has 1 heterocycles. The van der Waals surface area contributed by atoms with Gasteiger partial charge in [0.2, 0.25) is 11.7 Å². The molecule has 1 aromatic heterocycles. The van der Waals surface area contributed by atoms with E-state index in [0.717, 1.165) is 37.2 Å².